The van der Waals surface area contributed by atoms with E-state index in [9.17, 15) is 22.8 Å². The molecule has 5 nitrogen and oxygen atoms in total. The Balaban J connectivity index is 1.55. The summed E-state index contributed by atoms with van der Waals surface area (Å²) in [5, 5.41) is 3.27. The summed E-state index contributed by atoms with van der Waals surface area (Å²) in [4.78, 5) is 29.6. The minimum absolute atomic E-state index is 0.0606. The third-order valence-electron chi connectivity index (χ3n) is 4.30. The highest BCUT2D eigenvalue weighted by molar-refractivity contribution is 7.11. The molecule has 1 aliphatic rings. The van der Waals surface area contributed by atoms with E-state index in [4.69, 9.17) is 0 Å². The van der Waals surface area contributed by atoms with Crippen LogP contribution in [0.4, 0.5) is 13.2 Å². The van der Waals surface area contributed by atoms with Gasteiger partial charge in [0.2, 0.25) is 5.91 Å². The topological polar surface area (TPSA) is 62.3 Å². The second-order valence-corrected chi connectivity index (χ2v) is 7.45. The predicted molar refractivity (Wildman–Crippen MR) is 94.0 cm³/mol. The zero-order chi connectivity index (χ0) is 19.4. The number of likely N-dealkylation sites (tertiary alicyclic amines) is 1. The van der Waals surface area contributed by atoms with Crippen LogP contribution in [0.25, 0.3) is 0 Å². The van der Waals surface area contributed by atoms with Crippen molar-refractivity contribution in [3.63, 3.8) is 0 Å². The van der Waals surface area contributed by atoms with Crippen molar-refractivity contribution in [2.75, 3.05) is 6.54 Å². The van der Waals surface area contributed by atoms with Crippen LogP contribution < -0.4 is 5.32 Å². The van der Waals surface area contributed by atoms with Crippen LogP contribution >= 0.6 is 11.3 Å². The van der Waals surface area contributed by atoms with Crippen LogP contribution in [-0.4, -0.2) is 40.5 Å². The number of amides is 2. The van der Waals surface area contributed by atoms with Crippen molar-refractivity contribution in [1.29, 1.82) is 0 Å². The predicted octanol–water partition coefficient (Wildman–Crippen LogP) is 2.90. The van der Waals surface area contributed by atoms with Gasteiger partial charge in [0.25, 0.3) is 0 Å². The highest BCUT2D eigenvalue weighted by atomic mass is 32.1. The van der Waals surface area contributed by atoms with Crippen LogP contribution in [0.5, 0.6) is 0 Å². The lowest BCUT2D eigenvalue weighted by Crippen LogP contribution is -2.50. The first-order valence-electron chi connectivity index (χ1n) is 8.47. The van der Waals surface area contributed by atoms with E-state index >= 15 is 0 Å². The van der Waals surface area contributed by atoms with Crippen LogP contribution in [-0.2, 0) is 22.6 Å². The number of rotatable bonds is 5. The lowest BCUT2D eigenvalue weighted by atomic mass is 10.1. The summed E-state index contributed by atoms with van der Waals surface area (Å²) in [5.74, 6) is -2.54. The number of halogens is 3. The van der Waals surface area contributed by atoms with E-state index in [0.717, 1.165) is 16.9 Å². The maximum absolute atomic E-state index is 12.6. The van der Waals surface area contributed by atoms with Gasteiger partial charge in [-0.05, 0) is 18.4 Å². The third kappa shape index (κ3) is 4.85. The molecule has 144 valence electrons. The number of carbonyl (C=O) groups is 2. The van der Waals surface area contributed by atoms with Crippen molar-refractivity contribution in [2.45, 2.75) is 38.0 Å². The molecule has 2 amide bonds. The van der Waals surface area contributed by atoms with Crippen LogP contribution in [0.2, 0.25) is 0 Å². The molecule has 1 atom stereocenters. The summed E-state index contributed by atoms with van der Waals surface area (Å²) in [6.45, 7) is 0.0672. The average molecular weight is 397 g/mol. The molecule has 1 N–H and O–H groups in total. The maximum Gasteiger partial charge on any atom is 0.471 e. The van der Waals surface area contributed by atoms with Crippen molar-refractivity contribution >= 4 is 23.2 Å². The highest BCUT2D eigenvalue weighted by Gasteiger charge is 2.47. The molecule has 0 aliphatic carbocycles. The molecule has 2 heterocycles. The zero-order valence-corrected chi connectivity index (χ0v) is 15.1. The molecule has 0 saturated carbocycles. The molecule has 27 heavy (non-hydrogen) atoms. The first-order chi connectivity index (χ1) is 12.8. The fourth-order valence-corrected chi connectivity index (χ4v) is 3.93. The summed E-state index contributed by atoms with van der Waals surface area (Å²) in [6.07, 6.45) is -1.91. The molecule has 0 bridgehead atoms. The maximum atomic E-state index is 12.6. The Kier molecular flexibility index (Phi) is 5.79. The fraction of sp³-hybridized carbons (Fsp3) is 0.389. The monoisotopic (exact) mass is 397 g/mol. The molecule has 0 radical (unpaired) electrons. The Morgan fingerprint density at radius 3 is 2.70 bits per heavy atom. The SMILES string of the molecule is O=C(NCc1ncc(Cc2ccccc2)s1)C1CCCN1C(=O)C(F)(F)F. The van der Waals surface area contributed by atoms with Gasteiger partial charge in [-0.2, -0.15) is 13.2 Å². The number of nitrogens with one attached hydrogen (secondary N) is 1. The molecule has 0 spiro atoms. The minimum atomic E-state index is -4.97. The third-order valence-corrected chi connectivity index (χ3v) is 5.29. The Bertz CT molecular complexity index is 808. The molecular weight excluding hydrogens is 379 g/mol. The molecule has 1 aromatic heterocycles. The largest absolute Gasteiger partial charge is 0.471 e. The van der Waals surface area contributed by atoms with Gasteiger partial charge in [0.1, 0.15) is 11.0 Å². The quantitative estimate of drug-likeness (QED) is 0.844. The fourth-order valence-electron chi connectivity index (χ4n) is 3.03. The number of hydrogen-bond donors (Lipinski definition) is 1. The van der Waals surface area contributed by atoms with E-state index in [0.29, 0.717) is 16.3 Å². The standard InChI is InChI=1S/C18H18F3N3O2S/c19-18(20,21)17(26)24-8-4-7-14(24)16(25)23-11-15-22-10-13(27-15)9-12-5-2-1-3-6-12/h1-3,5-6,10,14H,4,7-9,11H2,(H,23,25). The number of aromatic nitrogens is 1. The van der Waals surface area contributed by atoms with Gasteiger partial charge in [0.05, 0.1) is 6.54 Å². The lowest BCUT2D eigenvalue weighted by molar-refractivity contribution is -0.186. The lowest BCUT2D eigenvalue weighted by Gasteiger charge is -2.24. The van der Waals surface area contributed by atoms with Crippen molar-refractivity contribution in [3.05, 3.63) is 52.0 Å². The number of carbonyl (C=O) groups excluding carboxylic acids is 2. The normalized spacial score (nSPS) is 17.1. The molecule has 1 unspecified atom stereocenters. The van der Waals surface area contributed by atoms with E-state index in [-0.39, 0.29) is 19.5 Å². The molecule has 2 aromatic rings. The number of hydrogen-bond acceptors (Lipinski definition) is 4. The van der Waals surface area contributed by atoms with Crippen molar-refractivity contribution < 1.29 is 22.8 Å². The van der Waals surface area contributed by atoms with E-state index in [1.165, 1.54) is 11.3 Å². The molecular formula is C18H18F3N3O2S. The van der Waals surface area contributed by atoms with Crippen LogP contribution in [0, 0.1) is 0 Å². The van der Waals surface area contributed by atoms with E-state index in [1.807, 2.05) is 30.3 Å². The van der Waals surface area contributed by atoms with Crippen molar-refractivity contribution in [1.82, 2.24) is 15.2 Å². The molecule has 3 rings (SSSR count). The number of nitrogens with zero attached hydrogens (tertiary/aromatic N) is 2. The Hall–Kier alpha value is -2.42. The second kappa shape index (κ2) is 8.08. The van der Waals surface area contributed by atoms with Crippen LogP contribution in [0.1, 0.15) is 28.3 Å². The first-order valence-corrected chi connectivity index (χ1v) is 9.29. The van der Waals surface area contributed by atoms with E-state index in [2.05, 4.69) is 10.3 Å². The number of benzene rings is 1. The molecule has 1 fully saturated rings. The zero-order valence-electron chi connectivity index (χ0n) is 14.3. The Labute approximate surface area is 158 Å². The average Bonchev–Trinajstić information content (AvgIpc) is 3.28. The van der Waals surface area contributed by atoms with Gasteiger partial charge in [0, 0.05) is 24.0 Å². The van der Waals surface area contributed by atoms with Gasteiger partial charge >= 0.3 is 12.1 Å². The van der Waals surface area contributed by atoms with Gasteiger partial charge in [-0.15, -0.1) is 11.3 Å². The first kappa shape index (κ1) is 19.3. The van der Waals surface area contributed by atoms with Gasteiger partial charge < -0.3 is 10.2 Å². The smallest absolute Gasteiger partial charge is 0.348 e. The molecule has 1 saturated heterocycles. The van der Waals surface area contributed by atoms with Crippen molar-refractivity contribution in [3.8, 4) is 0 Å². The van der Waals surface area contributed by atoms with E-state index < -0.39 is 24.0 Å². The highest BCUT2D eigenvalue weighted by Crippen LogP contribution is 2.26. The summed E-state index contributed by atoms with van der Waals surface area (Å²) in [5.41, 5.74) is 1.14. The number of thiazole rings is 1. The van der Waals surface area contributed by atoms with Crippen LogP contribution in [0.15, 0.2) is 36.5 Å². The molecule has 1 aliphatic heterocycles. The number of alkyl halides is 3. The summed E-state index contributed by atoms with van der Waals surface area (Å²) in [6, 6.07) is 8.77. The van der Waals surface area contributed by atoms with E-state index in [1.54, 1.807) is 6.20 Å². The molecule has 1 aromatic carbocycles. The summed E-state index contributed by atoms with van der Waals surface area (Å²) < 4.78 is 37.9. The minimum Gasteiger partial charge on any atom is -0.348 e. The second-order valence-electron chi connectivity index (χ2n) is 6.25. The van der Waals surface area contributed by atoms with Gasteiger partial charge in [-0.3, -0.25) is 9.59 Å². The summed E-state index contributed by atoms with van der Waals surface area (Å²) >= 11 is 1.44. The van der Waals surface area contributed by atoms with Gasteiger partial charge in [-0.25, -0.2) is 4.98 Å². The summed E-state index contributed by atoms with van der Waals surface area (Å²) in [7, 11) is 0. The van der Waals surface area contributed by atoms with Gasteiger partial charge in [0.15, 0.2) is 0 Å². The Morgan fingerprint density at radius 1 is 1.26 bits per heavy atom. The van der Waals surface area contributed by atoms with Gasteiger partial charge in [-0.1, -0.05) is 30.3 Å². The molecule has 9 heteroatoms. The van der Waals surface area contributed by atoms with Crippen LogP contribution in [0.3, 0.4) is 0 Å². The van der Waals surface area contributed by atoms with Crippen molar-refractivity contribution in [2.24, 2.45) is 0 Å². The Morgan fingerprint density at radius 2 is 2.00 bits per heavy atom.